The van der Waals surface area contributed by atoms with E-state index >= 15 is 0 Å². The van der Waals surface area contributed by atoms with Gasteiger partial charge in [-0.05, 0) is 43.7 Å². The van der Waals surface area contributed by atoms with Crippen LogP contribution in [-0.2, 0) is 6.54 Å². The van der Waals surface area contributed by atoms with Crippen molar-refractivity contribution in [2.24, 2.45) is 0 Å². The van der Waals surface area contributed by atoms with E-state index in [0.717, 1.165) is 50.6 Å². The number of rotatable bonds is 7. The van der Waals surface area contributed by atoms with Crippen LogP contribution in [0, 0.1) is 19.7 Å². The first-order valence-corrected chi connectivity index (χ1v) is 11.1. The van der Waals surface area contributed by atoms with Gasteiger partial charge in [0, 0.05) is 45.8 Å². The average Bonchev–Trinajstić information content (AvgIpc) is 3.10. The average molecular weight is 436 g/mol. The lowest BCUT2D eigenvalue weighted by molar-refractivity contribution is 0.0933. The Morgan fingerprint density at radius 3 is 2.31 bits per heavy atom. The first-order chi connectivity index (χ1) is 15.5. The maximum Gasteiger partial charge on any atom is 0.255 e. The number of nitrogens with zero attached hydrogens (tertiary/aromatic N) is 4. The molecule has 1 saturated heterocycles. The number of piperazine rings is 1. The van der Waals surface area contributed by atoms with Gasteiger partial charge in [0.15, 0.2) is 0 Å². The highest BCUT2D eigenvalue weighted by Crippen LogP contribution is 2.18. The van der Waals surface area contributed by atoms with Crippen molar-refractivity contribution in [2.45, 2.75) is 20.4 Å². The molecule has 1 N–H and O–H groups in total. The Kier molecular flexibility index (Phi) is 6.97. The highest BCUT2D eigenvalue weighted by Gasteiger charge is 2.20. The van der Waals surface area contributed by atoms with Crippen molar-refractivity contribution in [1.82, 2.24) is 24.9 Å². The third kappa shape index (κ3) is 5.23. The molecule has 1 amide bonds. The summed E-state index contributed by atoms with van der Waals surface area (Å²) in [6, 6.07) is 16.7. The maximum absolute atomic E-state index is 13.2. The van der Waals surface area contributed by atoms with Crippen LogP contribution in [0.25, 0.3) is 5.69 Å². The van der Waals surface area contributed by atoms with E-state index in [9.17, 15) is 9.18 Å². The summed E-state index contributed by atoms with van der Waals surface area (Å²) in [6.07, 6.45) is 0. The fourth-order valence-electron chi connectivity index (χ4n) is 4.23. The fourth-order valence-corrected chi connectivity index (χ4v) is 4.23. The third-order valence-corrected chi connectivity index (χ3v) is 6.02. The summed E-state index contributed by atoms with van der Waals surface area (Å²) < 4.78 is 14.9. The Bertz CT molecular complexity index is 1040. The number of amides is 1. The van der Waals surface area contributed by atoms with Crippen molar-refractivity contribution < 1.29 is 9.18 Å². The molecule has 7 heteroatoms. The Balaban J connectivity index is 1.26. The van der Waals surface area contributed by atoms with E-state index in [1.54, 1.807) is 16.8 Å². The Morgan fingerprint density at radius 1 is 0.969 bits per heavy atom. The molecule has 168 valence electrons. The molecule has 0 saturated carbocycles. The van der Waals surface area contributed by atoms with E-state index in [1.165, 1.54) is 17.7 Å². The summed E-state index contributed by atoms with van der Waals surface area (Å²) in [4.78, 5) is 17.7. The molecular weight excluding hydrogens is 405 g/mol. The number of hydrogen-bond acceptors (Lipinski definition) is 4. The van der Waals surface area contributed by atoms with Crippen LogP contribution in [0.2, 0.25) is 0 Å². The summed E-state index contributed by atoms with van der Waals surface area (Å²) in [5, 5.41) is 7.53. The van der Waals surface area contributed by atoms with Gasteiger partial charge in [-0.1, -0.05) is 30.3 Å². The van der Waals surface area contributed by atoms with E-state index in [0.29, 0.717) is 17.8 Å². The molecule has 3 aromatic rings. The summed E-state index contributed by atoms with van der Waals surface area (Å²) in [7, 11) is 0. The number of aromatic nitrogens is 2. The van der Waals surface area contributed by atoms with Crippen molar-refractivity contribution in [3.05, 3.63) is 82.9 Å². The number of hydrogen-bond donors (Lipinski definition) is 1. The van der Waals surface area contributed by atoms with E-state index in [-0.39, 0.29) is 11.7 Å². The van der Waals surface area contributed by atoms with Gasteiger partial charge in [0.25, 0.3) is 5.91 Å². The van der Waals surface area contributed by atoms with Crippen molar-refractivity contribution in [3.8, 4) is 5.69 Å². The summed E-state index contributed by atoms with van der Waals surface area (Å²) in [5.74, 6) is -0.412. The smallest absolute Gasteiger partial charge is 0.255 e. The normalized spacial score (nSPS) is 15.1. The monoisotopic (exact) mass is 435 g/mol. The van der Waals surface area contributed by atoms with Crippen molar-refractivity contribution in [2.75, 3.05) is 39.3 Å². The quantitative estimate of drug-likeness (QED) is 0.619. The van der Waals surface area contributed by atoms with Gasteiger partial charge >= 0.3 is 0 Å². The number of carbonyl (C=O) groups excluding carboxylic acids is 1. The van der Waals surface area contributed by atoms with Crippen LogP contribution >= 0.6 is 0 Å². The van der Waals surface area contributed by atoms with Gasteiger partial charge in [0.1, 0.15) is 5.82 Å². The Labute approximate surface area is 188 Å². The second-order valence-corrected chi connectivity index (χ2v) is 8.29. The van der Waals surface area contributed by atoms with Gasteiger partial charge in [0.2, 0.25) is 0 Å². The number of benzene rings is 2. The van der Waals surface area contributed by atoms with Crippen molar-refractivity contribution >= 4 is 5.91 Å². The Hall–Kier alpha value is -3.03. The molecule has 4 rings (SSSR count). The maximum atomic E-state index is 13.2. The van der Waals surface area contributed by atoms with Crippen LogP contribution in [0.4, 0.5) is 4.39 Å². The minimum absolute atomic E-state index is 0.115. The first kappa shape index (κ1) is 22.2. The molecule has 0 spiro atoms. The largest absolute Gasteiger partial charge is 0.351 e. The highest BCUT2D eigenvalue weighted by molar-refractivity contribution is 5.96. The second-order valence-electron chi connectivity index (χ2n) is 8.29. The van der Waals surface area contributed by atoms with Gasteiger partial charge in [0.05, 0.1) is 22.6 Å². The fraction of sp³-hybridized carbons (Fsp3) is 0.360. The zero-order chi connectivity index (χ0) is 22.5. The zero-order valence-electron chi connectivity index (χ0n) is 18.7. The van der Waals surface area contributed by atoms with Crippen molar-refractivity contribution in [3.63, 3.8) is 0 Å². The topological polar surface area (TPSA) is 53.4 Å². The van der Waals surface area contributed by atoms with E-state index in [1.807, 2.05) is 19.9 Å². The summed E-state index contributed by atoms with van der Waals surface area (Å²) >= 11 is 0. The van der Waals surface area contributed by atoms with E-state index in [4.69, 9.17) is 0 Å². The van der Waals surface area contributed by atoms with Gasteiger partial charge in [-0.25, -0.2) is 9.07 Å². The SMILES string of the molecule is Cc1nn(-c2ccc(F)cc2)c(C)c1C(=O)NCCN1CCN(Cc2ccccc2)CC1. The number of halogens is 1. The minimum atomic E-state index is -0.297. The van der Waals surface area contributed by atoms with Gasteiger partial charge in [-0.3, -0.25) is 14.6 Å². The van der Waals surface area contributed by atoms with Crippen LogP contribution in [0.15, 0.2) is 54.6 Å². The molecule has 2 heterocycles. The molecular formula is C25H30FN5O. The van der Waals surface area contributed by atoms with E-state index < -0.39 is 0 Å². The van der Waals surface area contributed by atoms with Crippen molar-refractivity contribution in [1.29, 1.82) is 0 Å². The molecule has 0 aliphatic carbocycles. The highest BCUT2D eigenvalue weighted by atomic mass is 19.1. The summed E-state index contributed by atoms with van der Waals surface area (Å²) in [6.45, 7) is 10.2. The molecule has 0 radical (unpaired) electrons. The minimum Gasteiger partial charge on any atom is -0.351 e. The third-order valence-electron chi connectivity index (χ3n) is 6.02. The molecule has 6 nitrogen and oxygen atoms in total. The number of aryl methyl sites for hydroxylation is 1. The molecule has 1 aliphatic heterocycles. The predicted molar refractivity (Wildman–Crippen MR) is 123 cm³/mol. The number of carbonyl (C=O) groups is 1. The predicted octanol–water partition coefficient (Wildman–Crippen LogP) is 3.18. The molecule has 1 aromatic heterocycles. The van der Waals surface area contributed by atoms with Crippen LogP contribution in [-0.4, -0.2) is 64.8 Å². The Morgan fingerprint density at radius 2 is 1.62 bits per heavy atom. The molecule has 0 atom stereocenters. The summed E-state index contributed by atoms with van der Waals surface area (Å²) in [5.41, 5.74) is 4.08. The molecule has 0 bridgehead atoms. The molecule has 1 aliphatic rings. The first-order valence-electron chi connectivity index (χ1n) is 11.1. The molecule has 32 heavy (non-hydrogen) atoms. The van der Waals surface area contributed by atoms with Gasteiger partial charge < -0.3 is 5.32 Å². The van der Waals surface area contributed by atoms with Crippen LogP contribution in [0.3, 0.4) is 0 Å². The van der Waals surface area contributed by atoms with E-state index in [2.05, 4.69) is 44.5 Å². The lowest BCUT2D eigenvalue weighted by Gasteiger charge is -2.34. The van der Waals surface area contributed by atoms with Gasteiger partial charge in [-0.15, -0.1) is 0 Å². The molecule has 1 fully saturated rings. The number of nitrogens with one attached hydrogen (secondary N) is 1. The molecule has 2 aromatic carbocycles. The molecule has 0 unspecified atom stereocenters. The lowest BCUT2D eigenvalue weighted by Crippen LogP contribution is -2.48. The van der Waals surface area contributed by atoms with Crippen LogP contribution in [0.1, 0.15) is 27.3 Å². The second kappa shape index (κ2) is 10.1. The standard InChI is InChI=1S/C25H30FN5O/c1-19-24(20(2)31(28-19)23-10-8-22(26)9-11-23)25(32)27-12-13-29-14-16-30(17-15-29)18-21-6-4-3-5-7-21/h3-11H,12-18H2,1-2H3,(H,27,32). The lowest BCUT2D eigenvalue weighted by atomic mass is 10.2. The van der Waals surface area contributed by atoms with Crippen LogP contribution < -0.4 is 5.32 Å². The zero-order valence-corrected chi connectivity index (χ0v) is 18.7. The van der Waals surface area contributed by atoms with Gasteiger partial charge in [-0.2, -0.15) is 5.10 Å². The van der Waals surface area contributed by atoms with Crippen LogP contribution in [0.5, 0.6) is 0 Å².